The normalized spacial score (nSPS) is 9.94. The van der Waals surface area contributed by atoms with Crippen LogP contribution in [-0.2, 0) is 6.42 Å². The maximum absolute atomic E-state index is 11.9. The summed E-state index contributed by atoms with van der Waals surface area (Å²) in [6, 6.07) is 7.18. The van der Waals surface area contributed by atoms with Gasteiger partial charge in [-0.05, 0) is 18.2 Å². The molecule has 0 N–H and O–H groups in total. The summed E-state index contributed by atoms with van der Waals surface area (Å²) in [6.07, 6.45) is 5.05. The van der Waals surface area contributed by atoms with Crippen molar-refractivity contribution in [3.8, 4) is 5.75 Å². The van der Waals surface area contributed by atoms with E-state index in [2.05, 4.69) is 9.97 Å². The van der Waals surface area contributed by atoms with Gasteiger partial charge in [0.2, 0.25) is 0 Å². The lowest BCUT2D eigenvalue weighted by Crippen LogP contribution is -2.05. The van der Waals surface area contributed by atoms with Crippen LogP contribution in [0, 0.1) is 0 Å². The Bertz CT molecular complexity index is 512. The molecule has 2 heterocycles. The fourth-order valence-electron chi connectivity index (χ4n) is 1.45. The molecule has 4 nitrogen and oxygen atoms in total. The maximum atomic E-state index is 11.9. The van der Waals surface area contributed by atoms with Gasteiger partial charge in [-0.15, -0.1) is 0 Å². The minimum absolute atomic E-state index is 0.0184. The van der Waals surface area contributed by atoms with Crippen LogP contribution >= 0.6 is 0 Å². The summed E-state index contributed by atoms with van der Waals surface area (Å²) in [4.78, 5) is 20.0. The molecule has 0 bridgehead atoms. The molecule has 0 aliphatic rings. The van der Waals surface area contributed by atoms with Gasteiger partial charge in [0.15, 0.2) is 5.78 Å². The molecule has 0 aliphatic carbocycles. The molecular formula is C13H12N2O2. The second-order valence-electron chi connectivity index (χ2n) is 3.53. The highest BCUT2D eigenvalue weighted by atomic mass is 16.5. The summed E-state index contributed by atoms with van der Waals surface area (Å²) in [5.74, 6) is 0.562. The molecular weight excluding hydrogens is 216 g/mol. The predicted molar refractivity (Wildman–Crippen MR) is 63.1 cm³/mol. The van der Waals surface area contributed by atoms with E-state index < -0.39 is 0 Å². The van der Waals surface area contributed by atoms with Crippen molar-refractivity contribution in [2.24, 2.45) is 0 Å². The first kappa shape index (κ1) is 11.3. The lowest BCUT2D eigenvalue weighted by Gasteiger charge is -2.02. The number of pyridine rings is 2. The number of carbonyl (C=O) groups is 1. The number of nitrogens with zero attached hydrogens (tertiary/aromatic N) is 2. The van der Waals surface area contributed by atoms with Gasteiger partial charge in [0.05, 0.1) is 19.7 Å². The van der Waals surface area contributed by atoms with E-state index in [1.54, 1.807) is 25.6 Å². The first-order valence-electron chi connectivity index (χ1n) is 5.22. The molecule has 0 atom stereocenters. The molecule has 0 fully saturated rings. The molecule has 2 aromatic rings. The van der Waals surface area contributed by atoms with Crippen LogP contribution in [-0.4, -0.2) is 22.9 Å². The third kappa shape index (κ3) is 2.87. The number of hydrogen-bond donors (Lipinski definition) is 0. The van der Waals surface area contributed by atoms with Crippen molar-refractivity contribution in [2.75, 3.05) is 7.11 Å². The monoisotopic (exact) mass is 228 g/mol. The van der Waals surface area contributed by atoms with Crippen LogP contribution in [0.5, 0.6) is 5.75 Å². The number of methoxy groups -OCH3 is 1. The molecule has 86 valence electrons. The number of rotatable bonds is 4. The number of aromatic nitrogens is 2. The summed E-state index contributed by atoms with van der Waals surface area (Å²) in [6.45, 7) is 0. The molecule has 0 unspecified atom stereocenters. The second-order valence-corrected chi connectivity index (χ2v) is 3.53. The molecule has 0 aliphatic heterocycles. The van der Waals surface area contributed by atoms with E-state index in [1.807, 2.05) is 18.2 Å². The molecule has 2 rings (SSSR count). The van der Waals surface area contributed by atoms with Crippen LogP contribution in [0.15, 0.2) is 42.9 Å². The van der Waals surface area contributed by atoms with E-state index in [1.165, 1.54) is 6.20 Å². The molecule has 0 saturated heterocycles. The van der Waals surface area contributed by atoms with Crippen LogP contribution in [0.2, 0.25) is 0 Å². The quantitative estimate of drug-likeness (QED) is 0.750. The highest BCUT2D eigenvalue weighted by Crippen LogP contribution is 2.12. The Kier molecular flexibility index (Phi) is 3.45. The highest BCUT2D eigenvalue weighted by Gasteiger charge is 2.09. The van der Waals surface area contributed by atoms with E-state index in [9.17, 15) is 4.79 Å². The van der Waals surface area contributed by atoms with E-state index in [0.29, 0.717) is 11.3 Å². The maximum Gasteiger partial charge on any atom is 0.170 e. The van der Waals surface area contributed by atoms with Gasteiger partial charge in [0, 0.05) is 23.7 Å². The Balaban J connectivity index is 2.14. The Labute approximate surface area is 99.3 Å². The number of Topliss-reactive ketones (excluding diaryl/α,β-unsaturated/α-hetero) is 1. The SMILES string of the molecule is COc1cncc(C(=O)Cc2ccccn2)c1. The van der Waals surface area contributed by atoms with Crippen LogP contribution in [0.4, 0.5) is 0 Å². The van der Waals surface area contributed by atoms with E-state index in [-0.39, 0.29) is 12.2 Å². The molecule has 0 radical (unpaired) electrons. The van der Waals surface area contributed by atoms with Gasteiger partial charge in [-0.2, -0.15) is 0 Å². The van der Waals surface area contributed by atoms with E-state index >= 15 is 0 Å². The Hall–Kier alpha value is -2.23. The van der Waals surface area contributed by atoms with Crippen molar-refractivity contribution in [1.82, 2.24) is 9.97 Å². The largest absolute Gasteiger partial charge is 0.495 e. The minimum atomic E-state index is -0.0184. The van der Waals surface area contributed by atoms with Gasteiger partial charge >= 0.3 is 0 Å². The molecule has 17 heavy (non-hydrogen) atoms. The summed E-state index contributed by atoms with van der Waals surface area (Å²) in [5, 5.41) is 0. The fraction of sp³-hybridized carbons (Fsp3) is 0.154. The third-order valence-corrected chi connectivity index (χ3v) is 2.34. The van der Waals surface area contributed by atoms with Crippen molar-refractivity contribution in [1.29, 1.82) is 0 Å². The zero-order valence-corrected chi connectivity index (χ0v) is 9.46. The van der Waals surface area contributed by atoms with Crippen molar-refractivity contribution >= 4 is 5.78 Å². The first-order valence-corrected chi connectivity index (χ1v) is 5.22. The van der Waals surface area contributed by atoms with Gasteiger partial charge < -0.3 is 4.74 Å². The van der Waals surface area contributed by atoms with Crippen LogP contribution in [0.25, 0.3) is 0 Å². The third-order valence-electron chi connectivity index (χ3n) is 2.34. The standard InChI is InChI=1S/C13H12N2O2/c1-17-12-6-10(8-14-9-12)13(16)7-11-4-2-3-5-15-11/h2-6,8-9H,7H2,1H3. The van der Waals surface area contributed by atoms with Gasteiger partial charge in [0.25, 0.3) is 0 Å². The molecule has 0 spiro atoms. The molecule has 0 amide bonds. The van der Waals surface area contributed by atoms with Gasteiger partial charge in [-0.25, -0.2) is 0 Å². The number of hydrogen-bond acceptors (Lipinski definition) is 4. The van der Waals surface area contributed by atoms with E-state index in [4.69, 9.17) is 4.74 Å². The van der Waals surface area contributed by atoms with Gasteiger partial charge in [-0.1, -0.05) is 6.07 Å². The topological polar surface area (TPSA) is 52.1 Å². The summed E-state index contributed by atoms with van der Waals surface area (Å²) in [7, 11) is 1.55. The molecule has 0 saturated carbocycles. The Morgan fingerprint density at radius 1 is 1.35 bits per heavy atom. The average molecular weight is 228 g/mol. The summed E-state index contributed by atoms with van der Waals surface area (Å²) >= 11 is 0. The zero-order valence-electron chi connectivity index (χ0n) is 9.46. The number of ether oxygens (including phenoxy) is 1. The highest BCUT2D eigenvalue weighted by molar-refractivity contribution is 5.97. The van der Waals surface area contributed by atoms with Crippen LogP contribution < -0.4 is 4.74 Å². The zero-order chi connectivity index (χ0) is 12.1. The summed E-state index contributed by atoms with van der Waals surface area (Å²) < 4.78 is 5.02. The van der Waals surface area contributed by atoms with Gasteiger partial charge in [-0.3, -0.25) is 14.8 Å². The van der Waals surface area contributed by atoms with Crippen LogP contribution in [0.1, 0.15) is 16.1 Å². The minimum Gasteiger partial charge on any atom is -0.495 e. The number of carbonyl (C=O) groups excluding carboxylic acids is 1. The molecule has 4 heteroatoms. The second kappa shape index (κ2) is 5.21. The van der Waals surface area contributed by atoms with Crippen molar-refractivity contribution in [3.63, 3.8) is 0 Å². The molecule has 0 aromatic carbocycles. The van der Waals surface area contributed by atoms with Crippen LogP contribution in [0.3, 0.4) is 0 Å². The average Bonchev–Trinajstić information content (AvgIpc) is 2.40. The van der Waals surface area contributed by atoms with Crippen molar-refractivity contribution in [2.45, 2.75) is 6.42 Å². The van der Waals surface area contributed by atoms with Crippen molar-refractivity contribution < 1.29 is 9.53 Å². The van der Waals surface area contributed by atoms with E-state index in [0.717, 1.165) is 5.69 Å². The lowest BCUT2D eigenvalue weighted by molar-refractivity contribution is 0.0991. The fourth-order valence-corrected chi connectivity index (χ4v) is 1.45. The smallest absolute Gasteiger partial charge is 0.170 e. The first-order chi connectivity index (χ1) is 8.29. The molecule has 2 aromatic heterocycles. The predicted octanol–water partition coefficient (Wildman–Crippen LogP) is 1.91. The van der Waals surface area contributed by atoms with Crippen molar-refractivity contribution in [3.05, 3.63) is 54.1 Å². The Morgan fingerprint density at radius 2 is 2.24 bits per heavy atom. The van der Waals surface area contributed by atoms with Gasteiger partial charge in [0.1, 0.15) is 5.75 Å². The Morgan fingerprint density at radius 3 is 2.94 bits per heavy atom. The lowest BCUT2D eigenvalue weighted by atomic mass is 10.1. The number of ketones is 1. The summed E-state index contributed by atoms with van der Waals surface area (Å²) in [5.41, 5.74) is 1.29.